The number of nitrogens with zero attached hydrogens (tertiary/aromatic N) is 3. The molecule has 0 saturated carbocycles. The number of amides is 1. The molecule has 0 spiro atoms. The van der Waals surface area contributed by atoms with Gasteiger partial charge >= 0.3 is 0 Å². The Morgan fingerprint density at radius 2 is 2.17 bits per heavy atom. The number of imidazole rings is 1. The zero-order valence-corrected chi connectivity index (χ0v) is 10.2. The predicted octanol–water partition coefficient (Wildman–Crippen LogP) is 1.09. The van der Waals surface area contributed by atoms with E-state index in [9.17, 15) is 4.79 Å². The van der Waals surface area contributed by atoms with Crippen molar-refractivity contribution in [3.05, 3.63) is 42.2 Å². The Labute approximate surface area is 105 Å². The summed E-state index contributed by atoms with van der Waals surface area (Å²) in [6.07, 6.45) is 3.28. The topological polar surface area (TPSA) is 73.4 Å². The van der Waals surface area contributed by atoms with Gasteiger partial charge in [-0.25, -0.2) is 10.0 Å². The van der Waals surface area contributed by atoms with E-state index in [1.165, 1.54) is 7.11 Å². The molecule has 0 bridgehead atoms. The van der Waals surface area contributed by atoms with E-state index in [4.69, 9.17) is 10.6 Å². The van der Waals surface area contributed by atoms with Crippen LogP contribution in [0.5, 0.6) is 0 Å². The number of nitrogen functional groups attached to an aromatic ring is 1. The van der Waals surface area contributed by atoms with Gasteiger partial charge in [-0.15, -0.1) is 0 Å². The quantitative estimate of drug-likeness (QED) is 0.823. The largest absolute Gasteiger partial charge is 0.369 e. The van der Waals surface area contributed by atoms with E-state index in [1.54, 1.807) is 42.2 Å². The lowest BCUT2D eigenvalue weighted by Gasteiger charge is -2.16. The van der Waals surface area contributed by atoms with Crippen LogP contribution in [0.25, 0.3) is 5.69 Å². The number of aromatic nitrogens is 2. The number of hydroxylamine groups is 2. The van der Waals surface area contributed by atoms with Gasteiger partial charge in [0.05, 0.1) is 18.4 Å². The minimum Gasteiger partial charge on any atom is -0.369 e. The molecule has 2 rings (SSSR count). The fourth-order valence-electron chi connectivity index (χ4n) is 1.64. The summed E-state index contributed by atoms with van der Waals surface area (Å²) in [4.78, 5) is 21.0. The lowest BCUT2D eigenvalue weighted by atomic mass is 10.1. The van der Waals surface area contributed by atoms with Crippen LogP contribution < -0.4 is 5.73 Å². The highest BCUT2D eigenvalue weighted by molar-refractivity contribution is 5.97. The number of nitrogens with two attached hydrogens (primary N) is 1. The number of benzene rings is 1. The summed E-state index contributed by atoms with van der Waals surface area (Å²) in [5.74, 6) is 0.0801. The second-order valence-electron chi connectivity index (χ2n) is 3.66. The van der Waals surface area contributed by atoms with Crippen LogP contribution in [-0.4, -0.2) is 34.7 Å². The lowest BCUT2D eigenvalue weighted by Crippen LogP contribution is -2.26. The van der Waals surface area contributed by atoms with Crippen molar-refractivity contribution in [1.29, 1.82) is 0 Å². The Morgan fingerprint density at radius 1 is 1.44 bits per heavy atom. The maximum absolute atomic E-state index is 12.1. The van der Waals surface area contributed by atoms with Gasteiger partial charge in [0.25, 0.3) is 5.91 Å². The third-order valence-corrected chi connectivity index (χ3v) is 2.62. The van der Waals surface area contributed by atoms with E-state index < -0.39 is 0 Å². The summed E-state index contributed by atoms with van der Waals surface area (Å²) in [6, 6.07) is 7.13. The molecule has 0 aliphatic carbocycles. The number of anilines is 1. The van der Waals surface area contributed by atoms with E-state index in [-0.39, 0.29) is 5.91 Å². The standard InChI is InChI=1S/C12H14N4O2/c1-15(18-2)11(17)9-5-3-4-6-10(9)16-8-7-14-12(16)13/h3-8H,1-2H3,(H2,13,14). The number of para-hydroxylation sites is 1. The lowest BCUT2D eigenvalue weighted by molar-refractivity contribution is -0.0756. The van der Waals surface area contributed by atoms with Crippen molar-refractivity contribution >= 4 is 11.9 Å². The van der Waals surface area contributed by atoms with E-state index in [1.807, 2.05) is 6.07 Å². The predicted molar refractivity (Wildman–Crippen MR) is 67.1 cm³/mol. The zero-order chi connectivity index (χ0) is 13.1. The first kappa shape index (κ1) is 12.1. The fraction of sp³-hybridized carbons (Fsp3) is 0.167. The Bertz CT molecular complexity index is 565. The number of hydrogen-bond acceptors (Lipinski definition) is 4. The monoisotopic (exact) mass is 246 g/mol. The molecule has 18 heavy (non-hydrogen) atoms. The average Bonchev–Trinajstić information content (AvgIpc) is 2.83. The molecule has 0 unspecified atom stereocenters. The van der Waals surface area contributed by atoms with Gasteiger partial charge in [-0.3, -0.25) is 14.2 Å². The minimum atomic E-state index is -0.249. The molecule has 0 aliphatic rings. The molecular weight excluding hydrogens is 232 g/mol. The van der Waals surface area contributed by atoms with Crippen molar-refractivity contribution in [2.45, 2.75) is 0 Å². The molecule has 0 atom stereocenters. The highest BCUT2D eigenvalue weighted by Gasteiger charge is 2.17. The third-order valence-electron chi connectivity index (χ3n) is 2.62. The van der Waals surface area contributed by atoms with Crippen LogP contribution in [0, 0.1) is 0 Å². The van der Waals surface area contributed by atoms with Gasteiger partial charge in [0, 0.05) is 19.4 Å². The Kier molecular flexibility index (Phi) is 3.29. The van der Waals surface area contributed by atoms with E-state index in [0.717, 1.165) is 5.06 Å². The molecule has 6 nitrogen and oxygen atoms in total. The van der Waals surface area contributed by atoms with Crippen molar-refractivity contribution < 1.29 is 9.63 Å². The Hall–Kier alpha value is -2.34. The molecule has 1 heterocycles. The smallest absolute Gasteiger partial charge is 0.279 e. The van der Waals surface area contributed by atoms with Crippen LogP contribution >= 0.6 is 0 Å². The van der Waals surface area contributed by atoms with Crippen LogP contribution in [-0.2, 0) is 4.84 Å². The molecule has 1 aromatic heterocycles. The second-order valence-corrected chi connectivity index (χ2v) is 3.66. The molecule has 2 N–H and O–H groups in total. The Morgan fingerprint density at radius 3 is 2.78 bits per heavy atom. The second kappa shape index (κ2) is 4.89. The maximum atomic E-state index is 12.1. The fourth-order valence-corrected chi connectivity index (χ4v) is 1.64. The molecular formula is C12H14N4O2. The molecule has 2 aromatic rings. The number of carbonyl (C=O) groups excluding carboxylic acids is 1. The molecule has 0 radical (unpaired) electrons. The first-order chi connectivity index (χ1) is 8.65. The van der Waals surface area contributed by atoms with Crippen LogP contribution in [0.2, 0.25) is 0 Å². The van der Waals surface area contributed by atoms with Gasteiger partial charge in [0.15, 0.2) is 0 Å². The average molecular weight is 246 g/mol. The molecule has 0 fully saturated rings. The summed E-state index contributed by atoms with van der Waals surface area (Å²) < 4.78 is 1.65. The van der Waals surface area contributed by atoms with Crippen molar-refractivity contribution in [2.75, 3.05) is 19.9 Å². The normalized spacial score (nSPS) is 10.3. The number of rotatable bonds is 3. The van der Waals surface area contributed by atoms with Gasteiger partial charge in [0.1, 0.15) is 0 Å². The first-order valence-corrected chi connectivity index (χ1v) is 5.35. The maximum Gasteiger partial charge on any atom is 0.279 e. The highest BCUT2D eigenvalue weighted by atomic mass is 16.7. The Balaban J connectivity index is 2.50. The minimum absolute atomic E-state index is 0.249. The van der Waals surface area contributed by atoms with E-state index in [2.05, 4.69) is 4.98 Å². The van der Waals surface area contributed by atoms with Gasteiger partial charge in [-0.1, -0.05) is 12.1 Å². The van der Waals surface area contributed by atoms with Crippen LogP contribution in [0.3, 0.4) is 0 Å². The molecule has 1 aromatic carbocycles. The summed E-state index contributed by atoms with van der Waals surface area (Å²) in [6.45, 7) is 0. The van der Waals surface area contributed by atoms with Crippen molar-refractivity contribution in [3.63, 3.8) is 0 Å². The molecule has 1 amide bonds. The molecule has 0 aliphatic heterocycles. The van der Waals surface area contributed by atoms with Gasteiger partial charge < -0.3 is 5.73 Å². The van der Waals surface area contributed by atoms with Crippen molar-refractivity contribution in [3.8, 4) is 5.69 Å². The van der Waals surface area contributed by atoms with Crippen LogP contribution in [0.1, 0.15) is 10.4 Å². The highest BCUT2D eigenvalue weighted by Crippen LogP contribution is 2.18. The van der Waals surface area contributed by atoms with Crippen molar-refractivity contribution in [2.24, 2.45) is 0 Å². The van der Waals surface area contributed by atoms with E-state index >= 15 is 0 Å². The van der Waals surface area contributed by atoms with Crippen LogP contribution in [0.15, 0.2) is 36.7 Å². The van der Waals surface area contributed by atoms with E-state index in [0.29, 0.717) is 17.2 Å². The first-order valence-electron chi connectivity index (χ1n) is 5.35. The number of carbonyl (C=O) groups is 1. The number of hydrogen-bond donors (Lipinski definition) is 1. The van der Waals surface area contributed by atoms with Crippen molar-refractivity contribution in [1.82, 2.24) is 14.6 Å². The van der Waals surface area contributed by atoms with Gasteiger partial charge in [0.2, 0.25) is 5.95 Å². The summed E-state index contributed by atoms with van der Waals surface area (Å²) >= 11 is 0. The zero-order valence-electron chi connectivity index (χ0n) is 10.2. The molecule has 94 valence electrons. The van der Waals surface area contributed by atoms with Crippen LogP contribution in [0.4, 0.5) is 5.95 Å². The molecule has 6 heteroatoms. The third kappa shape index (κ3) is 2.05. The summed E-state index contributed by atoms with van der Waals surface area (Å²) in [5, 5.41) is 1.16. The molecule has 0 saturated heterocycles. The van der Waals surface area contributed by atoms with Gasteiger partial charge in [-0.05, 0) is 12.1 Å². The SMILES string of the molecule is CON(C)C(=O)c1ccccc1-n1ccnc1N. The summed E-state index contributed by atoms with van der Waals surface area (Å²) in [5.41, 5.74) is 6.91. The van der Waals surface area contributed by atoms with Gasteiger partial charge in [-0.2, -0.15) is 0 Å². The summed E-state index contributed by atoms with van der Waals surface area (Å²) in [7, 11) is 2.99.